The van der Waals surface area contributed by atoms with Gasteiger partial charge in [0.1, 0.15) is 5.82 Å². The van der Waals surface area contributed by atoms with Gasteiger partial charge >= 0.3 is 0 Å². The van der Waals surface area contributed by atoms with Crippen molar-refractivity contribution in [2.24, 2.45) is 0 Å². The third-order valence-corrected chi connectivity index (χ3v) is 3.88. The zero-order valence-corrected chi connectivity index (χ0v) is 13.8. The van der Waals surface area contributed by atoms with Gasteiger partial charge in [-0.2, -0.15) is 0 Å². The van der Waals surface area contributed by atoms with Gasteiger partial charge in [-0.1, -0.05) is 11.6 Å². The van der Waals surface area contributed by atoms with Crippen LogP contribution in [0.1, 0.15) is 33.1 Å². The van der Waals surface area contributed by atoms with Crippen LogP contribution in [0, 0.1) is 20.8 Å². The second-order valence-electron chi connectivity index (χ2n) is 5.99. The molecule has 0 spiro atoms. The van der Waals surface area contributed by atoms with Crippen LogP contribution in [0.25, 0.3) is 10.9 Å². The summed E-state index contributed by atoms with van der Waals surface area (Å²) in [5.74, 6) is 0.730. The van der Waals surface area contributed by atoms with Gasteiger partial charge < -0.3 is 9.88 Å². The number of aromatic amines is 1. The van der Waals surface area contributed by atoms with E-state index in [1.807, 2.05) is 39.0 Å². The van der Waals surface area contributed by atoms with Crippen molar-refractivity contribution in [3.8, 4) is 0 Å². The Bertz CT molecular complexity index is 882. The van der Waals surface area contributed by atoms with Crippen LogP contribution in [0.15, 0.2) is 30.5 Å². The highest BCUT2D eigenvalue weighted by Gasteiger charge is 2.17. The molecule has 0 aliphatic heterocycles. The molecule has 1 N–H and O–H groups in total. The zero-order valence-electron chi connectivity index (χ0n) is 13.8. The Hall–Kier alpha value is -2.69. The quantitative estimate of drug-likeness (QED) is 0.808. The molecule has 2 aromatic heterocycles. The van der Waals surface area contributed by atoms with E-state index < -0.39 is 0 Å². The molecule has 0 atom stereocenters. The minimum atomic E-state index is -0.0486. The van der Waals surface area contributed by atoms with Crippen molar-refractivity contribution in [2.45, 2.75) is 27.3 Å². The van der Waals surface area contributed by atoms with Crippen molar-refractivity contribution in [1.82, 2.24) is 19.9 Å². The van der Waals surface area contributed by atoms with E-state index in [0.717, 1.165) is 33.7 Å². The average molecular weight is 308 g/mol. The molecule has 5 heteroatoms. The van der Waals surface area contributed by atoms with E-state index in [4.69, 9.17) is 0 Å². The number of hydrogen-bond acceptors (Lipinski definition) is 3. The lowest BCUT2D eigenvalue weighted by molar-refractivity contribution is 0.0781. The van der Waals surface area contributed by atoms with Crippen molar-refractivity contribution in [3.63, 3.8) is 0 Å². The lowest BCUT2D eigenvalue weighted by Crippen LogP contribution is -2.27. The Balaban J connectivity index is 1.91. The second kappa shape index (κ2) is 5.83. The first-order valence-electron chi connectivity index (χ1n) is 7.58. The summed E-state index contributed by atoms with van der Waals surface area (Å²) in [6.45, 7) is 6.29. The SMILES string of the molecule is Cc1ccc2nc(C)c(C(=O)N(C)Cc3ncc(C)[nH]3)cc2c1. The zero-order chi connectivity index (χ0) is 16.6. The number of carbonyl (C=O) groups is 1. The van der Waals surface area contributed by atoms with E-state index >= 15 is 0 Å². The number of nitrogens with zero attached hydrogens (tertiary/aromatic N) is 3. The molecule has 1 aromatic carbocycles. The molecule has 0 radical (unpaired) electrons. The number of aryl methyl sites for hydroxylation is 3. The Morgan fingerprint density at radius 2 is 2.00 bits per heavy atom. The minimum absolute atomic E-state index is 0.0486. The third-order valence-electron chi connectivity index (χ3n) is 3.88. The molecule has 0 aliphatic rings. The number of H-pyrrole nitrogens is 1. The third kappa shape index (κ3) is 3.08. The van der Waals surface area contributed by atoms with Gasteiger partial charge in [-0.3, -0.25) is 9.78 Å². The number of aromatic nitrogens is 3. The fourth-order valence-electron chi connectivity index (χ4n) is 2.66. The highest BCUT2D eigenvalue weighted by molar-refractivity contribution is 5.98. The molecule has 0 bridgehead atoms. The van der Waals surface area contributed by atoms with Crippen molar-refractivity contribution in [1.29, 1.82) is 0 Å². The predicted molar refractivity (Wildman–Crippen MR) is 90.3 cm³/mol. The van der Waals surface area contributed by atoms with Crippen molar-refractivity contribution in [2.75, 3.05) is 7.05 Å². The molecule has 3 rings (SSSR count). The topological polar surface area (TPSA) is 61.9 Å². The van der Waals surface area contributed by atoms with E-state index in [9.17, 15) is 4.79 Å². The number of hydrogen-bond donors (Lipinski definition) is 1. The maximum atomic E-state index is 12.7. The summed E-state index contributed by atoms with van der Waals surface area (Å²) in [5.41, 5.74) is 4.43. The molecular weight excluding hydrogens is 288 g/mol. The number of benzene rings is 1. The van der Waals surface area contributed by atoms with E-state index in [1.165, 1.54) is 0 Å². The van der Waals surface area contributed by atoms with Crippen LogP contribution in [0.2, 0.25) is 0 Å². The Kier molecular flexibility index (Phi) is 3.86. The lowest BCUT2D eigenvalue weighted by atomic mass is 10.1. The van der Waals surface area contributed by atoms with Crippen LogP contribution in [0.4, 0.5) is 0 Å². The predicted octanol–water partition coefficient (Wildman–Crippen LogP) is 3.16. The molecule has 0 saturated carbocycles. The number of fused-ring (bicyclic) bond motifs is 1. The number of amides is 1. The summed E-state index contributed by atoms with van der Waals surface area (Å²) < 4.78 is 0. The van der Waals surface area contributed by atoms with Crippen LogP contribution in [0.3, 0.4) is 0 Å². The van der Waals surface area contributed by atoms with Crippen LogP contribution < -0.4 is 0 Å². The van der Waals surface area contributed by atoms with Crippen LogP contribution >= 0.6 is 0 Å². The average Bonchev–Trinajstić information content (AvgIpc) is 2.91. The fraction of sp³-hybridized carbons (Fsp3) is 0.278. The van der Waals surface area contributed by atoms with Crippen molar-refractivity contribution < 1.29 is 4.79 Å². The van der Waals surface area contributed by atoms with Crippen LogP contribution in [-0.2, 0) is 6.54 Å². The Morgan fingerprint density at radius 1 is 1.22 bits per heavy atom. The smallest absolute Gasteiger partial charge is 0.255 e. The molecule has 0 fully saturated rings. The van der Waals surface area contributed by atoms with E-state index in [2.05, 4.69) is 21.0 Å². The number of carbonyl (C=O) groups excluding carboxylic acids is 1. The first-order valence-corrected chi connectivity index (χ1v) is 7.58. The molecule has 118 valence electrons. The number of pyridine rings is 1. The van der Waals surface area contributed by atoms with E-state index in [0.29, 0.717) is 12.1 Å². The normalized spacial score (nSPS) is 11.0. The van der Waals surface area contributed by atoms with Gasteiger partial charge in [0, 0.05) is 24.3 Å². The standard InChI is InChI=1S/C18H20N4O/c1-11-5-6-16-14(7-11)8-15(13(3)21-16)18(23)22(4)10-17-19-9-12(2)20-17/h5-9H,10H2,1-4H3,(H,19,20). The summed E-state index contributed by atoms with van der Waals surface area (Å²) in [7, 11) is 1.78. The Labute approximate surface area is 135 Å². The molecule has 3 aromatic rings. The number of rotatable bonds is 3. The van der Waals surface area contributed by atoms with E-state index in [1.54, 1.807) is 18.1 Å². The summed E-state index contributed by atoms with van der Waals surface area (Å²) in [4.78, 5) is 26.4. The van der Waals surface area contributed by atoms with Crippen molar-refractivity contribution in [3.05, 3.63) is 58.8 Å². The van der Waals surface area contributed by atoms with Crippen LogP contribution in [0.5, 0.6) is 0 Å². The highest BCUT2D eigenvalue weighted by atomic mass is 16.2. The minimum Gasteiger partial charge on any atom is -0.345 e. The fourth-order valence-corrected chi connectivity index (χ4v) is 2.66. The summed E-state index contributed by atoms with van der Waals surface area (Å²) >= 11 is 0. The maximum Gasteiger partial charge on any atom is 0.255 e. The van der Waals surface area contributed by atoms with Gasteiger partial charge in [0.25, 0.3) is 5.91 Å². The first kappa shape index (κ1) is 15.2. The van der Waals surface area contributed by atoms with Gasteiger partial charge in [-0.25, -0.2) is 4.98 Å². The molecule has 0 aliphatic carbocycles. The molecule has 0 unspecified atom stereocenters. The monoisotopic (exact) mass is 308 g/mol. The van der Waals surface area contributed by atoms with Gasteiger partial charge in [0.15, 0.2) is 0 Å². The first-order chi connectivity index (χ1) is 10.9. The van der Waals surface area contributed by atoms with Crippen molar-refractivity contribution >= 4 is 16.8 Å². The molecule has 1 amide bonds. The lowest BCUT2D eigenvalue weighted by Gasteiger charge is -2.17. The summed E-state index contributed by atoms with van der Waals surface area (Å²) in [5, 5.41) is 0.987. The second-order valence-corrected chi connectivity index (χ2v) is 5.99. The molecule has 2 heterocycles. The molecule has 5 nitrogen and oxygen atoms in total. The summed E-state index contributed by atoms with van der Waals surface area (Å²) in [6, 6.07) is 7.99. The molecule has 0 saturated heterocycles. The van der Waals surface area contributed by atoms with Crippen LogP contribution in [-0.4, -0.2) is 32.8 Å². The van der Waals surface area contributed by atoms with Gasteiger partial charge in [-0.15, -0.1) is 0 Å². The van der Waals surface area contributed by atoms with E-state index in [-0.39, 0.29) is 5.91 Å². The number of imidazole rings is 1. The molecular formula is C18H20N4O. The van der Waals surface area contributed by atoms with Gasteiger partial charge in [0.05, 0.1) is 23.3 Å². The van der Waals surface area contributed by atoms with Gasteiger partial charge in [0.2, 0.25) is 0 Å². The number of nitrogens with one attached hydrogen (secondary N) is 1. The largest absolute Gasteiger partial charge is 0.345 e. The highest BCUT2D eigenvalue weighted by Crippen LogP contribution is 2.19. The van der Waals surface area contributed by atoms with Gasteiger partial charge in [-0.05, 0) is 39.0 Å². The Morgan fingerprint density at radius 3 is 2.70 bits per heavy atom. The molecule has 23 heavy (non-hydrogen) atoms. The summed E-state index contributed by atoms with van der Waals surface area (Å²) in [6.07, 6.45) is 1.76. The maximum absolute atomic E-state index is 12.7.